The summed E-state index contributed by atoms with van der Waals surface area (Å²) < 4.78 is 6.69. The van der Waals surface area contributed by atoms with Crippen molar-refractivity contribution in [3.8, 4) is 5.75 Å². The van der Waals surface area contributed by atoms with Crippen LogP contribution in [0.2, 0.25) is 10.0 Å². The van der Waals surface area contributed by atoms with Crippen LogP contribution < -0.4 is 10.1 Å². The second-order valence-electron chi connectivity index (χ2n) is 9.01. The summed E-state index contributed by atoms with van der Waals surface area (Å²) in [5.74, 6) is 0.0234. The molecule has 0 radical (unpaired) electrons. The quantitative estimate of drug-likeness (QED) is 0.205. The molecule has 0 bridgehead atoms. The summed E-state index contributed by atoms with van der Waals surface area (Å²) in [5.41, 5.74) is 2.79. The van der Waals surface area contributed by atoms with Crippen molar-refractivity contribution in [1.29, 1.82) is 0 Å². The molecule has 2 amide bonds. The molecule has 1 N–H and O–H groups in total. The largest absolute Gasteiger partial charge is 0.483 e. The Bertz CT molecular complexity index is 1220. The third-order valence-corrected chi connectivity index (χ3v) is 7.42. The lowest BCUT2D eigenvalue weighted by molar-refractivity contribution is -0.142. The van der Waals surface area contributed by atoms with E-state index in [1.54, 1.807) is 23.1 Å². The van der Waals surface area contributed by atoms with E-state index in [0.717, 1.165) is 34.9 Å². The van der Waals surface area contributed by atoms with Crippen molar-refractivity contribution in [3.63, 3.8) is 0 Å². The fourth-order valence-corrected chi connectivity index (χ4v) is 5.01. The van der Waals surface area contributed by atoms with Gasteiger partial charge in [0, 0.05) is 29.6 Å². The summed E-state index contributed by atoms with van der Waals surface area (Å²) in [7, 11) is 0. The van der Waals surface area contributed by atoms with Crippen molar-refractivity contribution in [3.05, 3.63) is 97.9 Å². The van der Waals surface area contributed by atoms with Gasteiger partial charge in [0.2, 0.25) is 5.91 Å². The van der Waals surface area contributed by atoms with E-state index >= 15 is 0 Å². The molecule has 0 heterocycles. The van der Waals surface area contributed by atoms with E-state index in [0.29, 0.717) is 34.3 Å². The Hall–Kier alpha value is -2.54. The van der Waals surface area contributed by atoms with Gasteiger partial charge >= 0.3 is 0 Å². The van der Waals surface area contributed by atoms with Crippen molar-refractivity contribution >= 4 is 50.9 Å². The van der Waals surface area contributed by atoms with Gasteiger partial charge in [-0.15, -0.1) is 0 Å². The number of unbranched alkanes of at least 4 members (excludes halogenated alkanes) is 1. The first kappa shape index (κ1) is 30.0. The predicted octanol–water partition coefficient (Wildman–Crippen LogP) is 7.25. The van der Waals surface area contributed by atoms with Crippen LogP contribution in [0.15, 0.2) is 71.2 Å². The maximum absolute atomic E-state index is 13.7. The lowest BCUT2D eigenvalue weighted by Gasteiger charge is -2.32. The fourth-order valence-electron chi connectivity index (χ4n) is 4.00. The number of benzene rings is 3. The third kappa shape index (κ3) is 8.75. The minimum Gasteiger partial charge on any atom is -0.483 e. The highest BCUT2D eigenvalue weighted by molar-refractivity contribution is 9.10. The van der Waals surface area contributed by atoms with Gasteiger partial charge in [0.25, 0.3) is 5.91 Å². The monoisotopic (exact) mass is 618 g/mol. The molecule has 0 spiro atoms. The number of nitrogens with zero attached hydrogens (tertiary/aromatic N) is 1. The van der Waals surface area contributed by atoms with Crippen LogP contribution in [0.5, 0.6) is 5.75 Å². The lowest BCUT2D eigenvalue weighted by Crippen LogP contribution is -2.51. The summed E-state index contributed by atoms with van der Waals surface area (Å²) in [6.07, 6.45) is 3.05. The number of halogens is 3. The molecular formula is C30H33BrCl2N2O3. The fraction of sp³-hybridized carbons (Fsp3) is 0.333. The lowest BCUT2D eigenvalue weighted by atomic mass is 10.0. The van der Waals surface area contributed by atoms with Crippen LogP contribution in [0, 0.1) is 0 Å². The number of amides is 2. The Morgan fingerprint density at radius 1 is 1.00 bits per heavy atom. The van der Waals surface area contributed by atoms with Gasteiger partial charge in [-0.1, -0.05) is 85.9 Å². The zero-order valence-corrected chi connectivity index (χ0v) is 24.8. The molecule has 38 heavy (non-hydrogen) atoms. The van der Waals surface area contributed by atoms with E-state index in [1.807, 2.05) is 48.5 Å². The van der Waals surface area contributed by atoms with Crippen LogP contribution in [-0.2, 0) is 29.0 Å². The Morgan fingerprint density at radius 2 is 1.76 bits per heavy atom. The van der Waals surface area contributed by atoms with Gasteiger partial charge in [-0.25, -0.2) is 0 Å². The van der Waals surface area contributed by atoms with E-state index < -0.39 is 6.04 Å². The number of carbonyl (C=O) groups excluding carboxylic acids is 2. The number of hydrogen-bond acceptors (Lipinski definition) is 3. The van der Waals surface area contributed by atoms with E-state index in [9.17, 15) is 9.59 Å². The van der Waals surface area contributed by atoms with Crippen LogP contribution in [0.3, 0.4) is 0 Å². The van der Waals surface area contributed by atoms with Crippen LogP contribution in [0.4, 0.5) is 0 Å². The van der Waals surface area contributed by atoms with E-state index in [4.69, 9.17) is 27.9 Å². The number of rotatable bonds is 13. The van der Waals surface area contributed by atoms with E-state index in [-0.39, 0.29) is 25.0 Å². The predicted molar refractivity (Wildman–Crippen MR) is 158 cm³/mol. The van der Waals surface area contributed by atoms with Crippen molar-refractivity contribution in [2.24, 2.45) is 0 Å². The van der Waals surface area contributed by atoms with Crippen molar-refractivity contribution in [2.75, 3.05) is 13.2 Å². The molecule has 0 aliphatic carbocycles. The minimum atomic E-state index is -0.761. The van der Waals surface area contributed by atoms with Gasteiger partial charge < -0.3 is 15.0 Å². The van der Waals surface area contributed by atoms with Crippen LogP contribution >= 0.6 is 39.1 Å². The summed E-state index contributed by atoms with van der Waals surface area (Å²) in [6, 6.07) is 19.8. The molecule has 0 fully saturated rings. The van der Waals surface area contributed by atoms with Gasteiger partial charge in [-0.3, -0.25) is 9.59 Å². The highest BCUT2D eigenvalue weighted by Crippen LogP contribution is 2.27. The van der Waals surface area contributed by atoms with E-state index in [1.165, 1.54) is 0 Å². The molecule has 202 valence electrons. The SMILES string of the molecule is CCCCNC(=O)C(Cc1ccccc1)N(Cc1ccc(Cl)cc1Cl)C(=O)COc1ccc(CC)cc1Br. The highest BCUT2D eigenvalue weighted by atomic mass is 79.9. The third-order valence-electron chi connectivity index (χ3n) is 6.21. The number of nitrogens with one attached hydrogen (secondary N) is 1. The topological polar surface area (TPSA) is 58.6 Å². The summed E-state index contributed by atoms with van der Waals surface area (Å²) in [6.45, 7) is 4.58. The molecule has 5 nitrogen and oxygen atoms in total. The second kappa shape index (κ2) is 15.2. The molecule has 1 unspecified atom stereocenters. The maximum atomic E-state index is 13.7. The molecule has 0 saturated carbocycles. The van der Waals surface area contributed by atoms with Gasteiger partial charge in [0.15, 0.2) is 6.61 Å². The maximum Gasteiger partial charge on any atom is 0.261 e. The zero-order valence-electron chi connectivity index (χ0n) is 21.7. The summed E-state index contributed by atoms with van der Waals surface area (Å²) >= 11 is 16.1. The first-order valence-corrected chi connectivity index (χ1v) is 14.3. The molecule has 0 aliphatic rings. The second-order valence-corrected chi connectivity index (χ2v) is 10.7. The highest BCUT2D eigenvalue weighted by Gasteiger charge is 2.31. The first-order chi connectivity index (χ1) is 18.3. The Morgan fingerprint density at radius 3 is 2.42 bits per heavy atom. The van der Waals surface area contributed by atoms with E-state index in [2.05, 4.69) is 35.1 Å². The number of hydrogen-bond donors (Lipinski definition) is 1. The van der Waals surface area contributed by atoms with Crippen molar-refractivity contribution in [1.82, 2.24) is 10.2 Å². The molecule has 8 heteroatoms. The molecule has 3 aromatic rings. The molecule has 0 aromatic heterocycles. The Kier molecular flexibility index (Phi) is 12.0. The molecule has 1 atom stereocenters. The molecular weight excluding hydrogens is 587 g/mol. The zero-order chi connectivity index (χ0) is 27.5. The number of ether oxygens (including phenoxy) is 1. The summed E-state index contributed by atoms with van der Waals surface area (Å²) in [4.78, 5) is 28.8. The van der Waals surface area contributed by atoms with Gasteiger partial charge in [-0.2, -0.15) is 0 Å². The average Bonchev–Trinajstić information content (AvgIpc) is 2.91. The number of aryl methyl sites for hydroxylation is 1. The molecule has 0 aliphatic heterocycles. The minimum absolute atomic E-state index is 0.132. The van der Waals surface area contributed by atoms with Crippen LogP contribution in [-0.4, -0.2) is 35.9 Å². The van der Waals surface area contributed by atoms with Crippen molar-refractivity contribution < 1.29 is 14.3 Å². The van der Waals surface area contributed by atoms with Crippen LogP contribution in [0.25, 0.3) is 0 Å². The summed E-state index contributed by atoms with van der Waals surface area (Å²) in [5, 5.41) is 3.94. The van der Waals surface area contributed by atoms with Gasteiger partial charge in [0.05, 0.1) is 4.47 Å². The van der Waals surface area contributed by atoms with Crippen LogP contribution in [0.1, 0.15) is 43.4 Å². The smallest absolute Gasteiger partial charge is 0.261 e. The molecule has 3 rings (SSSR count). The van der Waals surface area contributed by atoms with Crippen molar-refractivity contribution in [2.45, 2.75) is 52.1 Å². The molecule has 0 saturated heterocycles. The normalized spacial score (nSPS) is 11.6. The Balaban J connectivity index is 1.92. The average molecular weight is 620 g/mol. The number of carbonyl (C=O) groups is 2. The van der Waals surface area contributed by atoms with Gasteiger partial charge in [-0.05, 0) is 69.7 Å². The standard InChI is InChI=1S/C30H33BrCl2N2O3/c1-3-5-15-34-30(37)27(17-22-9-7-6-8-10-22)35(19-23-12-13-24(32)18-26(23)33)29(36)20-38-28-14-11-21(4-2)16-25(28)31/h6-14,16,18,27H,3-5,15,17,19-20H2,1-2H3,(H,34,37). The van der Waals surface area contributed by atoms with Gasteiger partial charge in [0.1, 0.15) is 11.8 Å². The first-order valence-electron chi connectivity index (χ1n) is 12.8. The Labute approximate surface area is 243 Å². The molecule has 3 aromatic carbocycles.